The van der Waals surface area contributed by atoms with Crippen LogP contribution in [0.5, 0.6) is 5.75 Å². The molecule has 1 saturated carbocycles. The van der Waals surface area contributed by atoms with Crippen LogP contribution in [0.3, 0.4) is 0 Å². The van der Waals surface area contributed by atoms with Gasteiger partial charge in [0.15, 0.2) is 0 Å². The van der Waals surface area contributed by atoms with E-state index in [1.54, 1.807) is 31.2 Å². The third-order valence-electron chi connectivity index (χ3n) is 8.60. The van der Waals surface area contributed by atoms with Crippen LogP contribution >= 0.6 is 27.5 Å². The third kappa shape index (κ3) is 9.65. The van der Waals surface area contributed by atoms with Gasteiger partial charge in [-0.3, -0.25) is 13.9 Å². The van der Waals surface area contributed by atoms with E-state index >= 15 is 0 Å². The van der Waals surface area contributed by atoms with E-state index in [1.807, 2.05) is 54.6 Å². The van der Waals surface area contributed by atoms with Gasteiger partial charge in [0.25, 0.3) is 10.0 Å². The third-order valence-corrected chi connectivity index (χ3v) is 11.2. The molecule has 0 aliphatic heterocycles. The first-order valence-electron chi connectivity index (χ1n) is 16.5. The molecular weight excluding hydrogens is 726 g/mol. The maximum absolute atomic E-state index is 14.8. The number of sulfonamides is 1. The Morgan fingerprint density at radius 2 is 1.53 bits per heavy atom. The van der Waals surface area contributed by atoms with Crippen LogP contribution in [0.15, 0.2) is 112 Å². The summed E-state index contributed by atoms with van der Waals surface area (Å²) in [4.78, 5) is 30.6. The van der Waals surface area contributed by atoms with Crippen LogP contribution in [-0.4, -0.2) is 50.4 Å². The normalized spacial score (nSPS) is 14.1. The van der Waals surface area contributed by atoms with E-state index in [4.69, 9.17) is 16.3 Å². The fourth-order valence-electron chi connectivity index (χ4n) is 6.07. The highest BCUT2D eigenvalue weighted by Gasteiger charge is 2.36. The van der Waals surface area contributed by atoms with Crippen LogP contribution in [0.2, 0.25) is 5.02 Å². The molecule has 49 heavy (non-hydrogen) atoms. The number of ether oxygens (including phenoxy) is 1. The van der Waals surface area contributed by atoms with Gasteiger partial charge in [-0.2, -0.15) is 0 Å². The zero-order valence-corrected chi connectivity index (χ0v) is 30.6. The Hall–Kier alpha value is -3.86. The van der Waals surface area contributed by atoms with E-state index < -0.39 is 28.5 Å². The topological polar surface area (TPSA) is 96.0 Å². The SMILES string of the molecule is CCOc1ccccc1N(CC(=O)N(Cc1ccc(Br)cc1)[C@H](Cc1ccccc1)C(=O)NC1CCCCC1)S(=O)(=O)c1ccc(Cl)cc1. The Kier molecular flexibility index (Phi) is 12.8. The van der Waals surface area contributed by atoms with Crippen molar-refractivity contribution in [3.63, 3.8) is 0 Å². The number of hydrogen-bond donors (Lipinski definition) is 1. The lowest BCUT2D eigenvalue weighted by Crippen LogP contribution is -2.55. The molecule has 0 bridgehead atoms. The lowest BCUT2D eigenvalue weighted by atomic mass is 9.94. The van der Waals surface area contributed by atoms with Crippen molar-refractivity contribution in [2.45, 2.75) is 69.0 Å². The molecule has 11 heteroatoms. The van der Waals surface area contributed by atoms with Crippen molar-refractivity contribution in [2.75, 3.05) is 17.5 Å². The predicted octanol–water partition coefficient (Wildman–Crippen LogP) is 7.79. The molecule has 258 valence electrons. The number of benzene rings is 4. The number of nitrogens with zero attached hydrogens (tertiary/aromatic N) is 2. The maximum atomic E-state index is 14.8. The Bertz CT molecular complexity index is 1800. The monoisotopic (exact) mass is 765 g/mol. The molecule has 4 aromatic carbocycles. The Balaban J connectivity index is 1.59. The van der Waals surface area contributed by atoms with Gasteiger partial charge in [0.05, 0.1) is 17.2 Å². The number of hydrogen-bond acceptors (Lipinski definition) is 5. The molecule has 4 aromatic rings. The first-order chi connectivity index (χ1) is 23.7. The summed E-state index contributed by atoms with van der Waals surface area (Å²) in [5, 5.41) is 3.62. The van der Waals surface area contributed by atoms with Crippen molar-refractivity contribution in [1.82, 2.24) is 10.2 Å². The summed E-state index contributed by atoms with van der Waals surface area (Å²) in [5.41, 5.74) is 1.89. The van der Waals surface area contributed by atoms with Crippen LogP contribution < -0.4 is 14.4 Å². The first-order valence-corrected chi connectivity index (χ1v) is 19.1. The minimum absolute atomic E-state index is 0.0176. The number of carbonyl (C=O) groups is 2. The van der Waals surface area contributed by atoms with Crippen molar-refractivity contribution < 1.29 is 22.7 Å². The molecular formula is C38H41BrClN3O5S. The first kappa shape index (κ1) is 36.4. The highest BCUT2D eigenvalue weighted by Crippen LogP contribution is 2.33. The standard InChI is InChI=1S/C38H41BrClN3O5S/c1-2-48-36-16-10-9-15-34(36)43(49(46,47)33-23-21-31(40)22-24-33)27-37(44)42(26-29-17-19-30(39)20-18-29)35(25-28-11-5-3-6-12-28)38(45)41-32-13-7-4-8-14-32/h3,5-6,9-12,15-24,32,35H,2,4,7-8,13-14,25-27H2,1H3,(H,41,45)/t35-/m1/s1. The Morgan fingerprint density at radius 1 is 0.878 bits per heavy atom. The molecule has 1 fully saturated rings. The molecule has 2 amide bonds. The molecule has 1 atom stereocenters. The van der Waals surface area contributed by atoms with Crippen LogP contribution in [-0.2, 0) is 32.6 Å². The molecule has 0 heterocycles. The summed E-state index contributed by atoms with van der Waals surface area (Å²) in [7, 11) is -4.31. The predicted molar refractivity (Wildman–Crippen MR) is 197 cm³/mol. The molecule has 1 N–H and O–H groups in total. The van der Waals surface area contributed by atoms with E-state index in [-0.39, 0.29) is 42.1 Å². The van der Waals surface area contributed by atoms with Crippen LogP contribution in [0.25, 0.3) is 0 Å². The van der Waals surface area contributed by atoms with Crippen molar-refractivity contribution in [3.05, 3.63) is 124 Å². The average Bonchev–Trinajstić information content (AvgIpc) is 3.11. The van der Waals surface area contributed by atoms with Crippen molar-refractivity contribution in [2.24, 2.45) is 0 Å². The minimum atomic E-state index is -4.31. The van der Waals surface area contributed by atoms with Gasteiger partial charge in [-0.05, 0) is 79.4 Å². The number of anilines is 1. The largest absolute Gasteiger partial charge is 0.492 e. The van der Waals surface area contributed by atoms with E-state index in [2.05, 4.69) is 21.2 Å². The lowest BCUT2D eigenvalue weighted by molar-refractivity contribution is -0.140. The molecule has 0 unspecified atom stereocenters. The lowest BCUT2D eigenvalue weighted by Gasteiger charge is -2.35. The summed E-state index contributed by atoms with van der Waals surface area (Å²) < 4.78 is 36.6. The molecule has 5 rings (SSSR count). The van der Waals surface area contributed by atoms with Gasteiger partial charge < -0.3 is 15.0 Å². The van der Waals surface area contributed by atoms with E-state index in [0.29, 0.717) is 10.8 Å². The molecule has 1 aliphatic rings. The van der Waals surface area contributed by atoms with E-state index in [9.17, 15) is 18.0 Å². The summed E-state index contributed by atoms with van der Waals surface area (Å²) in [6.45, 7) is 1.60. The number of nitrogens with one attached hydrogen (secondary N) is 1. The van der Waals surface area contributed by atoms with Crippen molar-refractivity contribution >= 4 is 55.1 Å². The fraction of sp³-hybridized carbons (Fsp3) is 0.316. The van der Waals surface area contributed by atoms with Gasteiger partial charge in [0, 0.05) is 28.5 Å². The van der Waals surface area contributed by atoms with Crippen LogP contribution in [0.4, 0.5) is 5.69 Å². The van der Waals surface area contributed by atoms with Crippen LogP contribution in [0.1, 0.15) is 50.2 Å². The van der Waals surface area contributed by atoms with Gasteiger partial charge in [0.2, 0.25) is 11.8 Å². The molecule has 0 saturated heterocycles. The van der Waals surface area contributed by atoms with E-state index in [1.165, 1.54) is 29.2 Å². The summed E-state index contributed by atoms with van der Waals surface area (Å²) in [6.07, 6.45) is 5.22. The Morgan fingerprint density at radius 3 is 2.20 bits per heavy atom. The molecule has 1 aliphatic carbocycles. The number of para-hydroxylation sites is 2. The number of rotatable bonds is 14. The number of halogens is 2. The second-order valence-corrected chi connectivity index (χ2v) is 15.3. The second-order valence-electron chi connectivity index (χ2n) is 12.1. The average molecular weight is 767 g/mol. The molecule has 0 radical (unpaired) electrons. The minimum Gasteiger partial charge on any atom is -0.492 e. The number of carbonyl (C=O) groups excluding carboxylic acids is 2. The summed E-state index contributed by atoms with van der Waals surface area (Å²) in [5.74, 6) is -0.486. The molecule has 0 spiro atoms. The quantitative estimate of drug-likeness (QED) is 0.142. The summed E-state index contributed by atoms with van der Waals surface area (Å²) in [6, 6.07) is 28.7. The fourth-order valence-corrected chi connectivity index (χ4v) is 7.89. The Labute approximate surface area is 302 Å². The highest BCUT2D eigenvalue weighted by molar-refractivity contribution is 9.10. The summed E-state index contributed by atoms with van der Waals surface area (Å²) >= 11 is 9.59. The van der Waals surface area contributed by atoms with Gasteiger partial charge in [-0.15, -0.1) is 0 Å². The van der Waals surface area contributed by atoms with Crippen molar-refractivity contribution in [1.29, 1.82) is 0 Å². The zero-order chi connectivity index (χ0) is 34.8. The smallest absolute Gasteiger partial charge is 0.264 e. The highest BCUT2D eigenvalue weighted by atomic mass is 79.9. The van der Waals surface area contributed by atoms with Gasteiger partial charge in [-0.25, -0.2) is 8.42 Å². The van der Waals surface area contributed by atoms with E-state index in [0.717, 1.165) is 52.0 Å². The van der Waals surface area contributed by atoms with Crippen LogP contribution in [0, 0.1) is 0 Å². The second kappa shape index (κ2) is 17.2. The van der Waals surface area contributed by atoms with Gasteiger partial charge in [0.1, 0.15) is 18.3 Å². The zero-order valence-electron chi connectivity index (χ0n) is 27.4. The van der Waals surface area contributed by atoms with Gasteiger partial charge >= 0.3 is 0 Å². The number of amides is 2. The maximum Gasteiger partial charge on any atom is 0.264 e. The molecule has 8 nitrogen and oxygen atoms in total. The van der Waals surface area contributed by atoms with Gasteiger partial charge in [-0.1, -0.05) is 101 Å². The van der Waals surface area contributed by atoms with Crippen molar-refractivity contribution in [3.8, 4) is 5.75 Å². The molecule has 0 aromatic heterocycles.